The van der Waals surface area contributed by atoms with Crippen molar-refractivity contribution in [3.05, 3.63) is 30.1 Å². The van der Waals surface area contributed by atoms with Crippen molar-refractivity contribution in [1.82, 2.24) is 4.90 Å². The summed E-state index contributed by atoms with van der Waals surface area (Å²) in [5.41, 5.74) is 0.491. The van der Waals surface area contributed by atoms with Gasteiger partial charge < -0.3 is 14.9 Å². The van der Waals surface area contributed by atoms with Gasteiger partial charge in [-0.05, 0) is 38.1 Å². The zero-order valence-corrected chi connectivity index (χ0v) is 12.5. The molecule has 0 aliphatic carbocycles. The molecule has 2 rings (SSSR count). The number of hydrogen-bond donors (Lipinski definition) is 1. The Morgan fingerprint density at radius 2 is 2.05 bits per heavy atom. The molecule has 4 nitrogen and oxygen atoms in total. The van der Waals surface area contributed by atoms with E-state index in [9.17, 15) is 9.18 Å². The Morgan fingerprint density at radius 3 is 2.67 bits per heavy atom. The van der Waals surface area contributed by atoms with Crippen molar-refractivity contribution in [3.8, 4) is 0 Å². The minimum atomic E-state index is -0.850. The van der Waals surface area contributed by atoms with Crippen LogP contribution in [0, 0.1) is 11.7 Å². The zero-order valence-electron chi connectivity index (χ0n) is 12.5. The van der Waals surface area contributed by atoms with Crippen LogP contribution in [0.15, 0.2) is 24.3 Å². The number of carboxylic acids is 1. The van der Waals surface area contributed by atoms with Crippen molar-refractivity contribution in [2.24, 2.45) is 5.92 Å². The third kappa shape index (κ3) is 4.43. The lowest BCUT2D eigenvalue weighted by Gasteiger charge is -2.29. The van der Waals surface area contributed by atoms with Crippen LogP contribution in [-0.2, 0) is 4.79 Å². The fraction of sp³-hybridized carbons (Fsp3) is 0.562. The molecule has 0 spiro atoms. The molecule has 0 amide bonds. The molecule has 1 fully saturated rings. The summed E-state index contributed by atoms with van der Waals surface area (Å²) in [6.45, 7) is 5.65. The molecule has 0 bridgehead atoms. The molecule has 1 unspecified atom stereocenters. The Balaban J connectivity index is 2.05. The summed E-state index contributed by atoms with van der Waals surface area (Å²) < 4.78 is 14.0. The highest BCUT2D eigenvalue weighted by atomic mass is 19.1. The van der Waals surface area contributed by atoms with Crippen molar-refractivity contribution in [2.75, 3.05) is 37.6 Å². The molecule has 0 aromatic heterocycles. The minimum absolute atomic E-state index is 0.295. The molecule has 1 aliphatic heterocycles. The Morgan fingerprint density at radius 1 is 1.38 bits per heavy atom. The highest BCUT2D eigenvalue weighted by Crippen LogP contribution is 2.20. The van der Waals surface area contributed by atoms with E-state index < -0.39 is 11.9 Å². The number of likely N-dealkylation sites (tertiary alicyclic amines) is 1. The number of benzene rings is 1. The van der Waals surface area contributed by atoms with E-state index in [1.54, 1.807) is 25.1 Å². The number of anilines is 1. The third-order valence-electron chi connectivity index (χ3n) is 3.99. The largest absolute Gasteiger partial charge is 0.481 e. The van der Waals surface area contributed by atoms with Gasteiger partial charge in [0.05, 0.1) is 11.6 Å². The number of halogens is 1. The van der Waals surface area contributed by atoms with E-state index in [1.165, 1.54) is 18.9 Å². The second kappa shape index (κ2) is 7.41. The van der Waals surface area contributed by atoms with Gasteiger partial charge >= 0.3 is 5.97 Å². The van der Waals surface area contributed by atoms with Crippen molar-refractivity contribution in [2.45, 2.75) is 19.8 Å². The molecule has 1 aliphatic rings. The van der Waals surface area contributed by atoms with Crippen LogP contribution in [0.25, 0.3) is 0 Å². The lowest BCUT2D eigenvalue weighted by molar-refractivity contribution is -0.140. The van der Waals surface area contributed by atoms with E-state index in [0.717, 1.165) is 19.6 Å². The van der Waals surface area contributed by atoms with Gasteiger partial charge in [0.1, 0.15) is 5.82 Å². The summed E-state index contributed by atoms with van der Waals surface area (Å²) in [4.78, 5) is 15.3. The topological polar surface area (TPSA) is 43.8 Å². The second-order valence-corrected chi connectivity index (χ2v) is 5.69. The van der Waals surface area contributed by atoms with Crippen molar-refractivity contribution in [1.29, 1.82) is 0 Å². The maximum absolute atomic E-state index is 14.0. The Hall–Kier alpha value is -1.62. The molecule has 1 saturated heterocycles. The van der Waals surface area contributed by atoms with Crippen LogP contribution < -0.4 is 4.90 Å². The zero-order chi connectivity index (χ0) is 15.2. The lowest BCUT2D eigenvalue weighted by atomic mass is 10.1. The maximum Gasteiger partial charge on any atom is 0.308 e. The fourth-order valence-corrected chi connectivity index (χ4v) is 2.70. The monoisotopic (exact) mass is 294 g/mol. The standard InChI is InChI=1S/C16H23FN2O2/c1-13(16(20)21)12-19(11-10-18-8-4-5-9-18)15-7-3-2-6-14(15)17/h2-3,6-7,13H,4-5,8-12H2,1H3,(H,20,21). The first-order chi connectivity index (χ1) is 10.1. The van der Waals surface area contributed by atoms with E-state index in [0.29, 0.717) is 18.8 Å². The number of carboxylic acid groups (broad SMARTS) is 1. The summed E-state index contributed by atoms with van der Waals surface area (Å²) in [6, 6.07) is 6.57. The first-order valence-corrected chi connectivity index (χ1v) is 7.52. The van der Waals surface area contributed by atoms with Crippen LogP contribution in [0.1, 0.15) is 19.8 Å². The van der Waals surface area contributed by atoms with Crippen LogP contribution >= 0.6 is 0 Å². The number of para-hydroxylation sites is 1. The Labute approximate surface area is 125 Å². The Bertz CT molecular complexity index is 475. The van der Waals surface area contributed by atoms with Gasteiger partial charge in [-0.25, -0.2) is 4.39 Å². The van der Waals surface area contributed by atoms with E-state index >= 15 is 0 Å². The summed E-state index contributed by atoms with van der Waals surface area (Å²) >= 11 is 0. The molecule has 1 aromatic rings. The van der Waals surface area contributed by atoms with Crippen molar-refractivity contribution in [3.63, 3.8) is 0 Å². The summed E-state index contributed by atoms with van der Waals surface area (Å²) in [6.07, 6.45) is 2.43. The average Bonchev–Trinajstić information content (AvgIpc) is 2.97. The molecule has 5 heteroatoms. The van der Waals surface area contributed by atoms with Gasteiger partial charge in [-0.15, -0.1) is 0 Å². The third-order valence-corrected chi connectivity index (χ3v) is 3.99. The number of aliphatic carboxylic acids is 1. The van der Waals surface area contributed by atoms with Gasteiger partial charge in [0.15, 0.2) is 0 Å². The van der Waals surface area contributed by atoms with E-state index in [4.69, 9.17) is 5.11 Å². The smallest absolute Gasteiger partial charge is 0.308 e. The van der Waals surface area contributed by atoms with Gasteiger partial charge in [0.25, 0.3) is 0 Å². The van der Waals surface area contributed by atoms with Crippen molar-refractivity contribution < 1.29 is 14.3 Å². The molecule has 1 atom stereocenters. The molecular weight excluding hydrogens is 271 g/mol. The highest BCUT2D eigenvalue weighted by molar-refractivity contribution is 5.70. The molecule has 1 aromatic carbocycles. The first kappa shape index (κ1) is 15.8. The molecule has 0 radical (unpaired) electrons. The van der Waals surface area contributed by atoms with Crippen LogP contribution in [-0.4, -0.2) is 48.7 Å². The molecule has 1 N–H and O–H groups in total. The van der Waals surface area contributed by atoms with Crippen LogP contribution in [0.3, 0.4) is 0 Å². The maximum atomic E-state index is 14.0. The summed E-state index contributed by atoms with van der Waals surface area (Å²) in [5.74, 6) is -1.67. The summed E-state index contributed by atoms with van der Waals surface area (Å²) in [7, 11) is 0. The predicted molar refractivity (Wildman–Crippen MR) is 81.1 cm³/mol. The predicted octanol–water partition coefficient (Wildman–Crippen LogP) is 2.45. The lowest BCUT2D eigenvalue weighted by Crippen LogP contribution is -2.38. The molecule has 1 heterocycles. The van der Waals surface area contributed by atoms with Crippen LogP contribution in [0.5, 0.6) is 0 Å². The van der Waals surface area contributed by atoms with Crippen molar-refractivity contribution >= 4 is 11.7 Å². The SMILES string of the molecule is CC(CN(CCN1CCCC1)c1ccccc1F)C(=O)O. The molecule has 21 heavy (non-hydrogen) atoms. The normalized spacial score (nSPS) is 16.9. The molecule has 116 valence electrons. The van der Waals surface area contributed by atoms with Gasteiger partial charge in [-0.2, -0.15) is 0 Å². The van der Waals surface area contributed by atoms with E-state index in [-0.39, 0.29) is 5.82 Å². The van der Waals surface area contributed by atoms with E-state index in [2.05, 4.69) is 4.90 Å². The molecule has 0 saturated carbocycles. The highest BCUT2D eigenvalue weighted by Gasteiger charge is 2.20. The van der Waals surface area contributed by atoms with Gasteiger partial charge in [-0.3, -0.25) is 4.79 Å². The fourth-order valence-electron chi connectivity index (χ4n) is 2.70. The van der Waals surface area contributed by atoms with E-state index in [1.807, 2.05) is 4.90 Å². The number of hydrogen-bond acceptors (Lipinski definition) is 3. The van der Waals surface area contributed by atoms with Crippen LogP contribution in [0.4, 0.5) is 10.1 Å². The average molecular weight is 294 g/mol. The first-order valence-electron chi connectivity index (χ1n) is 7.52. The summed E-state index contributed by atoms with van der Waals surface area (Å²) in [5, 5.41) is 9.10. The second-order valence-electron chi connectivity index (χ2n) is 5.69. The number of nitrogens with zero attached hydrogens (tertiary/aromatic N) is 2. The van der Waals surface area contributed by atoms with Gasteiger partial charge in [-0.1, -0.05) is 19.1 Å². The number of carbonyl (C=O) groups is 1. The van der Waals surface area contributed by atoms with Crippen LogP contribution in [0.2, 0.25) is 0 Å². The van der Waals surface area contributed by atoms with Gasteiger partial charge in [0.2, 0.25) is 0 Å². The molecular formula is C16H23FN2O2. The minimum Gasteiger partial charge on any atom is -0.481 e. The Kier molecular flexibility index (Phi) is 5.56. The van der Waals surface area contributed by atoms with Gasteiger partial charge in [0, 0.05) is 19.6 Å². The quantitative estimate of drug-likeness (QED) is 0.839. The number of rotatable bonds is 7.